The summed E-state index contributed by atoms with van der Waals surface area (Å²) in [7, 11) is 0. The maximum absolute atomic E-state index is 12.3. The zero-order valence-corrected chi connectivity index (χ0v) is 15.4. The molecule has 0 spiro atoms. The van der Waals surface area contributed by atoms with Crippen LogP contribution in [0.25, 0.3) is 0 Å². The number of hydrogen-bond donors (Lipinski definition) is 1. The van der Waals surface area contributed by atoms with Gasteiger partial charge in [0.15, 0.2) is 6.61 Å². The molecule has 1 aromatic heterocycles. The minimum absolute atomic E-state index is 0.0358. The number of hydrogen-bond acceptors (Lipinski definition) is 7. The van der Waals surface area contributed by atoms with Gasteiger partial charge in [0.05, 0.1) is 21.4 Å². The molecule has 138 valence electrons. The molecule has 0 aliphatic heterocycles. The van der Waals surface area contributed by atoms with Crippen LogP contribution in [0.15, 0.2) is 30.3 Å². The second-order valence-electron chi connectivity index (χ2n) is 5.22. The summed E-state index contributed by atoms with van der Waals surface area (Å²) in [5.41, 5.74) is 5.25. The second kappa shape index (κ2) is 8.63. The maximum atomic E-state index is 12.3. The number of esters is 1. The van der Waals surface area contributed by atoms with Crippen molar-refractivity contribution in [3.63, 3.8) is 0 Å². The summed E-state index contributed by atoms with van der Waals surface area (Å²) in [4.78, 5) is 36.9. The predicted octanol–water partition coefficient (Wildman–Crippen LogP) is 3.10. The lowest BCUT2D eigenvalue weighted by Gasteiger charge is -2.20. The summed E-state index contributed by atoms with van der Waals surface area (Å²) in [5.74, 6) is -1.29. The summed E-state index contributed by atoms with van der Waals surface area (Å²) in [6.45, 7) is 2.08. The van der Waals surface area contributed by atoms with E-state index < -0.39 is 23.4 Å². The topological polar surface area (TPSA) is 116 Å². The number of likely N-dealkylation sites (N-methyl/N-ethyl adjacent to an activating group) is 1. The minimum Gasteiger partial charge on any atom is -0.452 e. The van der Waals surface area contributed by atoms with Crippen molar-refractivity contribution in [1.82, 2.24) is 4.90 Å². The number of carbonyl (C=O) groups is 2. The number of benzene rings is 1. The van der Waals surface area contributed by atoms with E-state index in [1.807, 2.05) is 6.07 Å². The highest BCUT2D eigenvalue weighted by Crippen LogP contribution is 2.23. The largest absolute Gasteiger partial charge is 0.452 e. The number of anilines is 1. The number of nitro groups is 1. The third kappa shape index (κ3) is 4.93. The zero-order valence-electron chi connectivity index (χ0n) is 13.8. The quantitative estimate of drug-likeness (QED) is 0.332. The zero-order chi connectivity index (χ0) is 19.3. The molecule has 0 aliphatic carbocycles. The van der Waals surface area contributed by atoms with Gasteiger partial charge in [-0.3, -0.25) is 14.9 Å². The molecule has 0 saturated carbocycles. The lowest BCUT2D eigenvalue weighted by molar-refractivity contribution is -0.384. The Morgan fingerprint density at radius 2 is 2.08 bits per heavy atom. The number of non-ortho nitro benzene ring substituents is 1. The van der Waals surface area contributed by atoms with Crippen molar-refractivity contribution >= 4 is 46.2 Å². The van der Waals surface area contributed by atoms with Crippen molar-refractivity contribution < 1.29 is 19.2 Å². The lowest BCUT2D eigenvalue weighted by atomic mass is 10.1. The maximum Gasteiger partial charge on any atom is 0.341 e. The Hall–Kier alpha value is -2.65. The Morgan fingerprint density at radius 1 is 1.35 bits per heavy atom. The molecule has 2 aromatic rings. The van der Waals surface area contributed by atoms with Gasteiger partial charge in [0, 0.05) is 29.2 Å². The van der Waals surface area contributed by atoms with E-state index in [0.29, 0.717) is 17.4 Å². The van der Waals surface area contributed by atoms with Gasteiger partial charge < -0.3 is 15.4 Å². The number of halogens is 1. The standard InChI is InChI=1S/C16H16ClN3O5S/c1-2-19(8-11-4-6-14(17)26-11)15(21)9-25-16(22)12-7-10(20(23)24)3-5-13(12)18/h3-7H,2,8-9,18H2,1H3. The van der Waals surface area contributed by atoms with Gasteiger partial charge in [-0.05, 0) is 25.1 Å². The Morgan fingerprint density at radius 3 is 2.65 bits per heavy atom. The first-order chi connectivity index (χ1) is 12.3. The summed E-state index contributed by atoms with van der Waals surface area (Å²) < 4.78 is 5.60. The molecule has 0 aliphatic rings. The van der Waals surface area contributed by atoms with E-state index in [9.17, 15) is 19.7 Å². The molecule has 0 saturated heterocycles. The van der Waals surface area contributed by atoms with Crippen LogP contribution in [0.4, 0.5) is 11.4 Å². The average molecular weight is 398 g/mol. The molecule has 26 heavy (non-hydrogen) atoms. The van der Waals surface area contributed by atoms with Gasteiger partial charge in [0.2, 0.25) is 0 Å². The smallest absolute Gasteiger partial charge is 0.341 e. The van der Waals surface area contributed by atoms with Crippen molar-refractivity contribution in [3.8, 4) is 0 Å². The summed E-state index contributed by atoms with van der Waals surface area (Å²) in [5, 5.41) is 10.8. The number of rotatable bonds is 7. The van der Waals surface area contributed by atoms with Crippen LogP contribution in [-0.4, -0.2) is 34.9 Å². The number of nitro benzene ring substituents is 1. The van der Waals surface area contributed by atoms with Crippen LogP contribution in [-0.2, 0) is 16.1 Å². The Balaban J connectivity index is 2.00. The molecule has 1 heterocycles. The third-order valence-electron chi connectivity index (χ3n) is 3.50. The normalized spacial score (nSPS) is 10.4. The molecule has 2 N–H and O–H groups in total. The third-order valence-corrected chi connectivity index (χ3v) is 4.72. The number of nitrogen functional groups attached to an aromatic ring is 1. The fourth-order valence-electron chi connectivity index (χ4n) is 2.13. The van der Waals surface area contributed by atoms with Gasteiger partial charge in [-0.1, -0.05) is 11.6 Å². The van der Waals surface area contributed by atoms with Gasteiger partial charge in [-0.2, -0.15) is 0 Å². The Bertz CT molecular complexity index is 839. The highest BCUT2D eigenvalue weighted by molar-refractivity contribution is 7.16. The molecule has 10 heteroatoms. The molecule has 8 nitrogen and oxygen atoms in total. The highest BCUT2D eigenvalue weighted by Gasteiger charge is 2.20. The van der Waals surface area contributed by atoms with E-state index in [1.165, 1.54) is 28.4 Å². The van der Waals surface area contributed by atoms with Crippen LogP contribution in [0, 0.1) is 10.1 Å². The van der Waals surface area contributed by atoms with Crippen LogP contribution >= 0.6 is 22.9 Å². The van der Waals surface area contributed by atoms with Crippen molar-refractivity contribution in [2.75, 3.05) is 18.9 Å². The second-order valence-corrected chi connectivity index (χ2v) is 7.02. The molecular weight excluding hydrogens is 382 g/mol. The van der Waals surface area contributed by atoms with Crippen molar-refractivity contribution in [3.05, 3.63) is 55.2 Å². The van der Waals surface area contributed by atoms with E-state index in [-0.39, 0.29) is 16.9 Å². The number of amides is 1. The number of thiophene rings is 1. The van der Waals surface area contributed by atoms with Gasteiger partial charge >= 0.3 is 5.97 Å². The summed E-state index contributed by atoms with van der Waals surface area (Å²) in [6, 6.07) is 7.01. The molecule has 2 rings (SSSR count). The van der Waals surface area contributed by atoms with Crippen LogP contribution in [0.5, 0.6) is 0 Å². The predicted molar refractivity (Wildman–Crippen MR) is 98.2 cm³/mol. The van der Waals surface area contributed by atoms with Crippen LogP contribution < -0.4 is 5.73 Å². The van der Waals surface area contributed by atoms with Crippen LogP contribution in [0.3, 0.4) is 0 Å². The van der Waals surface area contributed by atoms with E-state index in [4.69, 9.17) is 22.1 Å². The van der Waals surface area contributed by atoms with Crippen molar-refractivity contribution in [1.29, 1.82) is 0 Å². The Kier molecular flexibility index (Phi) is 6.53. The molecule has 1 amide bonds. The first-order valence-corrected chi connectivity index (χ1v) is 8.74. The number of nitrogens with zero attached hydrogens (tertiary/aromatic N) is 2. The highest BCUT2D eigenvalue weighted by atomic mass is 35.5. The number of ether oxygens (including phenoxy) is 1. The fourth-order valence-corrected chi connectivity index (χ4v) is 3.24. The van der Waals surface area contributed by atoms with E-state index in [0.717, 1.165) is 10.9 Å². The first-order valence-electron chi connectivity index (χ1n) is 7.54. The monoisotopic (exact) mass is 397 g/mol. The molecular formula is C16H16ClN3O5S. The average Bonchev–Trinajstić information content (AvgIpc) is 3.02. The summed E-state index contributed by atoms with van der Waals surface area (Å²) >= 11 is 7.23. The van der Waals surface area contributed by atoms with Crippen LogP contribution in [0.1, 0.15) is 22.2 Å². The minimum atomic E-state index is -0.894. The molecule has 0 atom stereocenters. The van der Waals surface area contributed by atoms with Gasteiger partial charge in [-0.15, -0.1) is 11.3 Å². The molecule has 0 radical (unpaired) electrons. The van der Waals surface area contributed by atoms with Crippen molar-refractivity contribution in [2.45, 2.75) is 13.5 Å². The van der Waals surface area contributed by atoms with E-state index in [2.05, 4.69) is 0 Å². The summed E-state index contributed by atoms with van der Waals surface area (Å²) in [6.07, 6.45) is 0. The lowest BCUT2D eigenvalue weighted by Crippen LogP contribution is -2.33. The first kappa shape index (κ1) is 19.7. The molecule has 1 aromatic carbocycles. The SMILES string of the molecule is CCN(Cc1ccc(Cl)s1)C(=O)COC(=O)c1cc([N+](=O)[O-])ccc1N. The Labute approximate surface area is 158 Å². The van der Waals surface area contributed by atoms with Gasteiger partial charge in [0.25, 0.3) is 11.6 Å². The van der Waals surface area contributed by atoms with Gasteiger partial charge in [0.1, 0.15) is 0 Å². The number of nitrogens with two attached hydrogens (primary N) is 1. The van der Waals surface area contributed by atoms with Crippen molar-refractivity contribution in [2.24, 2.45) is 0 Å². The molecule has 0 bridgehead atoms. The molecule has 0 fully saturated rings. The van der Waals surface area contributed by atoms with E-state index in [1.54, 1.807) is 13.0 Å². The van der Waals surface area contributed by atoms with Crippen LogP contribution in [0.2, 0.25) is 4.34 Å². The molecule has 0 unspecified atom stereocenters. The van der Waals surface area contributed by atoms with E-state index >= 15 is 0 Å². The number of carbonyl (C=O) groups excluding carboxylic acids is 2. The fraction of sp³-hybridized carbons (Fsp3) is 0.250. The van der Waals surface area contributed by atoms with Gasteiger partial charge in [-0.25, -0.2) is 4.79 Å².